The first kappa shape index (κ1) is 23.7. The van der Waals surface area contributed by atoms with E-state index >= 15 is 0 Å². The van der Waals surface area contributed by atoms with Crippen molar-refractivity contribution in [2.45, 2.75) is 58.5 Å². The van der Waals surface area contributed by atoms with Gasteiger partial charge in [-0.25, -0.2) is 0 Å². The van der Waals surface area contributed by atoms with Crippen LogP contribution in [0, 0.1) is 23.2 Å². The Morgan fingerprint density at radius 1 is 0.970 bits per heavy atom. The van der Waals surface area contributed by atoms with E-state index in [-0.39, 0.29) is 23.6 Å². The van der Waals surface area contributed by atoms with Crippen LogP contribution in [0.5, 0.6) is 0 Å². The fraction of sp³-hybridized carbons (Fsp3) is 0.517. The van der Waals surface area contributed by atoms with Gasteiger partial charge in [-0.15, -0.1) is 0 Å². The number of carbonyl (C=O) groups excluding carboxylic acids is 2. The predicted molar refractivity (Wildman–Crippen MR) is 128 cm³/mol. The number of ether oxygens (including phenoxy) is 2. The van der Waals surface area contributed by atoms with Gasteiger partial charge in [-0.1, -0.05) is 60.7 Å². The summed E-state index contributed by atoms with van der Waals surface area (Å²) in [6.07, 6.45) is 6.01. The predicted octanol–water partition coefficient (Wildman–Crippen LogP) is 5.78. The summed E-state index contributed by atoms with van der Waals surface area (Å²) in [7, 11) is 0. The van der Waals surface area contributed by atoms with E-state index in [2.05, 4.69) is 24.3 Å². The summed E-state index contributed by atoms with van der Waals surface area (Å²) in [5, 5.41) is 0. The number of rotatable bonds is 10. The molecule has 0 radical (unpaired) electrons. The molecule has 2 aliphatic carbocycles. The molecule has 0 aliphatic heterocycles. The highest BCUT2D eigenvalue weighted by Crippen LogP contribution is 2.56. The van der Waals surface area contributed by atoms with E-state index < -0.39 is 5.41 Å². The molecule has 4 nitrogen and oxygen atoms in total. The van der Waals surface area contributed by atoms with Gasteiger partial charge in [-0.2, -0.15) is 0 Å². The molecule has 2 saturated carbocycles. The summed E-state index contributed by atoms with van der Waals surface area (Å²) in [6, 6.07) is 20.4. The van der Waals surface area contributed by atoms with Gasteiger partial charge in [0.25, 0.3) is 0 Å². The molecular weight excluding hydrogens is 412 g/mol. The highest BCUT2D eigenvalue weighted by atomic mass is 16.5. The molecule has 2 aromatic carbocycles. The Morgan fingerprint density at radius 3 is 2.36 bits per heavy atom. The summed E-state index contributed by atoms with van der Waals surface area (Å²) in [4.78, 5) is 27.0. The second-order valence-electron chi connectivity index (χ2n) is 9.61. The van der Waals surface area contributed by atoms with Crippen LogP contribution in [0.4, 0.5) is 0 Å². The number of Topliss-reactive ketones (excluding diaryl/α,β-unsaturated/α-hetero) is 1. The summed E-state index contributed by atoms with van der Waals surface area (Å²) in [5.41, 5.74) is 1.41. The lowest BCUT2D eigenvalue weighted by molar-refractivity contribution is -0.168. The Kier molecular flexibility index (Phi) is 7.97. The lowest BCUT2D eigenvalue weighted by Gasteiger charge is -2.41. The van der Waals surface area contributed by atoms with Crippen LogP contribution in [0.25, 0.3) is 0 Å². The second kappa shape index (κ2) is 11.1. The molecule has 0 amide bonds. The average molecular weight is 449 g/mol. The van der Waals surface area contributed by atoms with Crippen molar-refractivity contribution in [1.82, 2.24) is 0 Å². The van der Waals surface area contributed by atoms with Crippen LogP contribution in [-0.2, 0) is 32.1 Å². The van der Waals surface area contributed by atoms with Crippen molar-refractivity contribution in [2.75, 3.05) is 13.2 Å². The average Bonchev–Trinajstić information content (AvgIpc) is 3.22. The van der Waals surface area contributed by atoms with Gasteiger partial charge in [0.05, 0.1) is 13.2 Å². The van der Waals surface area contributed by atoms with E-state index in [1.54, 1.807) is 0 Å². The summed E-state index contributed by atoms with van der Waals surface area (Å²) in [6.45, 7) is 3.48. The van der Waals surface area contributed by atoms with E-state index in [1.165, 1.54) is 11.1 Å². The third-order valence-electron chi connectivity index (χ3n) is 7.69. The van der Waals surface area contributed by atoms with E-state index in [9.17, 15) is 9.59 Å². The first-order valence-electron chi connectivity index (χ1n) is 12.5. The van der Waals surface area contributed by atoms with Crippen molar-refractivity contribution in [1.29, 1.82) is 0 Å². The molecule has 0 saturated heterocycles. The number of carbonyl (C=O) groups is 2. The molecule has 2 aromatic rings. The number of benzene rings is 2. The fourth-order valence-corrected chi connectivity index (χ4v) is 6.13. The third kappa shape index (κ3) is 5.22. The highest BCUT2D eigenvalue weighted by molar-refractivity contribution is 6.06. The molecular formula is C29H36O4. The Labute approximate surface area is 197 Å². The number of fused-ring (bicyclic) bond motifs is 1. The monoisotopic (exact) mass is 448 g/mol. The largest absolute Gasteiger partial charge is 0.465 e. The molecule has 2 fully saturated rings. The van der Waals surface area contributed by atoms with Crippen molar-refractivity contribution >= 4 is 11.8 Å². The maximum atomic E-state index is 13.8. The molecule has 4 atom stereocenters. The molecule has 2 aliphatic rings. The van der Waals surface area contributed by atoms with Crippen molar-refractivity contribution in [3.63, 3.8) is 0 Å². The fourth-order valence-electron chi connectivity index (χ4n) is 6.13. The van der Waals surface area contributed by atoms with Gasteiger partial charge in [-0.3, -0.25) is 9.59 Å². The highest BCUT2D eigenvalue weighted by Gasteiger charge is 2.61. The summed E-state index contributed by atoms with van der Waals surface area (Å²) >= 11 is 0. The number of ketones is 1. The lowest BCUT2D eigenvalue weighted by atomic mass is 9.60. The van der Waals surface area contributed by atoms with Crippen molar-refractivity contribution < 1.29 is 19.1 Å². The van der Waals surface area contributed by atoms with Crippen LogP contribution in [0.2, 0.25) is 0 Å². The Balaban J connectivity index is 1.38. The molecule has 0 spiro atoms. The van der Waals surface area contributed by atoms with Crippen LogP contribution < -0.4 is 0 Å². The Bertz CT molecular complexity index is 910. The normalized spacial score (nSPS) is 26.7. The first-order chi connectivity index (χ1) is 16.1. The lowest BCUT2D eigenvalue weighted by Crippen LogP contribution is -2.51. The molecule has 176 valence electrons. The minimum atomic E-state index is -0.941. The maximum absolute atomic E-state index is 13.8. The van der Waals surface area contributed by atoms with Crippen molar-refractivity contribution in [3.05, 3.63) is 71.8 Å². The van der Waals surface area contributed by atoms with Crippen LogP contribution >= 0.6 is 0 Å². The van der Waals surface area contributed by atoms with Gasteiger partial charge < -0.3 is 9.47 Å². The van der Waals surface area contributed by atoms with Gasteiger partial charge in [0.2, 0.25) is 0 Å². The van der Waals surface area contributed by atoms with Gasteiger partial charge in [0, 0.05) is 12.5 Å². The molecule has 1 unspecified atom stereocenters. The van der Waals surface area contributed by atoms with Crippen LogP contribution in [-0.4, -0.2) is 25.0 Å². The van der Waals surface area contributed by atoms with Gasteiger partial charge in [0.15, 0.2) is 5.78 Å². The minimum Gasteiger partial charge on any atom is -0.465 e. The quantitative estimate of drug-likeness (QED) is 0.263. The minimum absolute atomic E-state index is 0.0963. The van der Waals surface area contributed by atoms with Gasteiger partial charge >= 0.3 is 5.97 Å². The van der Waals surface area contributed by atoms with Crippen molar-refractivity contribution in [2.24, 2.45) is 23.2 Å². The molecule has 4 rings (SSSR count). The second-order valence-corrected chi connectivity index (χ2v) is 9.61. The standard InChI is InChI=1S/C29H36O4/c1-2-33-28(31)29-18-17-24(14-9-19-32-21-23-12-7-4-8-13-23)26(29)16-15-25(27(29)30)20-22-10-5-3-6-11-22/h3-8,10-13,24-26H,2,9,14-21H2,1H3/t24-,25?,26-,29-/m1/s1. The molecule has 0 heterocycles. The van der Waals surface area contributed by atoms with Crippen LogP contribution in [0.3, 0.4) is 0 Å². The van der Waals surface area contributed by atoms with E-state index in [1.807, 2.05) is 43.3 Å². The van der Waals surface area contributed by atoms with E-state index in [4.69, 9.17) is 9.47 Å². The Morgan fingerprint density at radius 2 is 1.67 bits per heavy atom. The van der Waals surface area contributed by atoms with E-state index in [0.717, 1.165) is 32.1 Å². The number of hydrogen-bond acceptors (Lipinski definition) is 4. The molecule has 0 bridgehead atoms. The van der Waals surface area contributed by atoms with Crippen molar-refractivity contribution in [3.8, 4) is 0 Å². The zero-order chi connectivity index (χ0) is 23.1. The third-order valence-corrected chi connectivity index (χ3v) is 7.69. The smallest absolute Gasteiger partial charge is 0.319 e. The van der Waals surface area contributed by atoms with Crippen LogP contribution in [0.15, 0.2) is 60.7 Å². The van der Waals surface area contributed by atoms with Gasteiger partial charge in [0.1, 0.15) is 5.41 Å². The number of hydrogen-bond donors (Lipinski definition) is 0. The SMILES string of the molecule is CCOC(=O)[C@]12CC[C@@H](CCCOCc3ccccc3)[C@H]1CCC(Cc1ccccc1)C2=O. The molecule has 0 N–H and O–H groups in total. The Hall–Kier alpha value is -2.46. The molecule has 4 heteroatoms. The summed E-state index contributed by atoms with van der Waals surface area (Å²) in [5.74, 6) is 0.243. The zero-order valence-electron chi connectivity index (χ0n) is 19.7. The zero-order valence-corrected chi connectivity index (χ0v) is 19.7. The van der Waals surface area contributed by atoms with E-state index in [0.29, 0.717) is 38.6 Å². The molecule has 0 aromatic heterocycles. The van der Waals surface area contributed by atoms with Gasteiger partial charge in [-0.05, 0) is 74.8 Å². The number of esters is 1. The molecule has 33 heavy (non-hydrogen) atoms. The maximum Gasteiger partial charge on any atom is 0.319 e. The van der Waals surface area contributed by atoms with Crippen LogP contribution in [0.1, 0.15) is 56.6 Å². The topological polar surface area (TPSA) is 52.6 Å². The summed E-state index contributed by atoms with van der Waals surface area (Å²) < 4.78 is 11.4. The first-order valence-corrected chi connectivity index (χ1v) is 12.5.